The van der Waals surface area contributed by atoms with E-state index in [2.05, 4.69) is 14.9 Å². The Hall–Kier alpha value is -2.92. The number of hydrogen-bond donors (Lipinski definition) is 2. The summed E-state index contributed by atoms with van der Waals surface area (Å²) in [6.45, 7) is 3.54. The molecule has 1 aromatic heterocycles. The topological polar surface area (TPSA) is 67.2 Å². The summed E-state index contributed by atoms with van der Waals surface area (Å²) in [4.78, 5) is 17.0. The highest BCUT2D eigenvalue weighted by Gasteiger charge is 2.43. The molecule has 0 radical (unpaired) electrons. The van der Waals surface area contributed by atoms with Crippen molar-refractivity contribution in [3.8, 4) is 11.1 Å². The summed E-state index contributed by atoms with van der Waals surface area (Å²) in [6, 6.07) is 15.3. The fraction of sp³-hybridized carbons (Fsp3) is 0.304. The Kier molecular flexibility index (Phi) is 5.01. The van der Waals surface area contributed by atoms with Gasteiger partial charge in [0.15, 0.2) is 0 Å². The van der Waals surface area contributed by atoms with E-state index in [-0.39, 0.29) is 17.9 Å². The number of nitrogens with zero attached hydrogens (tertiary/aromatic N) is 2. The van der Waals surface area contributed by atoms with Gasteiger partial charge in [-0.05, 0) is 48.6 Å². The SMILES string of the molecule is Cc1nccn1CC1(CNC(=O)c2cccc(-c3ccccc3CO)c2)CC1. The van der Waals surface area contributed by atoms with Crippen LogP contribution in [0.3, 0.4) is 0 Å². The van der Waals surface area contributed by atoms with Crippen molar-refractivity contribution in [2.45, 2.75) is 32.9 Å². The third-order valence-electron chi connectivity index (χ3n) is 5.63. The quantitative estimate of drug-likeness (QED) is 0.663. The minimum atomic E-state index is -0.0584. The van der Waals surface area contributed by atoms with Gasteiger partial charge in [-0.25, -0.2) is 4.98 Å². The molecule has 28 heavy (non-hydrogen) atoms. The van der Waals surface area contributed by atoms with Crippen LogP contribution in [0.4, 0.5) is 0 Å². The fourth-order valence-electron chi connectivity index (χ4n) is 3.64. The molecule has 1 fully saturated rings. The molecule has 0 unspecified atom stereocenters. The molecule has 1 heterocycles. The molecule has 2 N–H and O–H groups in total. The largest absolute Gasteiger partial charge is 0.392 e. The molecule has 1 amide bonds. The maximum absolute atomic E-state index is 12.7. The molecular formula is C23H25N3O2. The molecule has 1 saturated carbocycles. The van der Waals surface area contributed by atoms with Gasteiger partial charge in [-0.15, -0.1) is 0 Å². The van der Waals surface area contributed by atoms with Crippen LogP contribution in [0.25, 0.3) is 11.1 Å². The minimum Gasteiger partial charge on any atom is -0.392 e. The highest BCUT2D eigenvalue weighted by Crippen LogP contribution is 2.46. The lowest BCUT2D eigenvalue weighted by Gasteiger charge is -2.18. The van der Waals surface area contributed by atoms with Gasteiger partial charge < -0.3 is 15.0 Å². The van der Waals surface area contributed by atoms with Crippen molar-refractivity contribution in [2.75, 3.05) is 6.54 Å². The van der Waals surface area contributed by atoms with E-state index >= 15 is 0 Å². The average molecular weight is 375 g/mol. The van der Waals surface area contributed by atoms with Crippen LogP contribution in [-0.4, -0.2) is 27.1 Å². The number of aliphatic hydroxyl groups is 1. The van der Waals surface area contributed by atoms with Gasteiger partial charge in [0.2, 0.25) is 0 Å². The number of nitrogens with one attached hydrogen (secondary N) is 1. The van der Waals surface area contributed by atoms with Crippen molar-refractivity contribution in [2.24, 2.45) is 5.41 Å². The van der Waals surface area contributed by atoms with Crippen LogP contribution in [0, 0.1) is 12.3 Å². The van der Waals surface area contributed by atoms with Gasteiger partial charge in [0.25, 0.3) is 5.91 Å². The van der Waals surface area contributed by atoms with Gasteiger partial charge in [-0.3, -0.25) is 4.79 Å². The summed E-state index contributed by atoms with van der Waals surface area (Å²) in [5.74, 6) is 0.949. The molecule has 0 aliphatic heterocycles. The molecule has 0 bridgehead atoms. The molecule has 144 valence electrons. The molecule has 3 aromatic rings. The molecule has 0 saturated heterocycles. The van der Waals surface area contributed by atoms with Gasteiger partial charge in [-0.1, -0.05) is 36.4 Å². The maximum Gasteiger partial charge on any atom is 0.251 e. The van der Waals surface area contributed by atoms with E-state index in [1.807, 2.05) is 67.8 Å². The van der Waals surface area contributed by atoms with Gasteiger partial charge in [-0.2, -0.15) is 0 Å². The third kappa shape index (κ3) is 3.85. The lowest BCUT2D eigenvalue weighted by atomic mass is 9.98. The molecule has 4 rings (SSSR count). The normalized spacial score (nSPS) is 14.6. The van der Waals surface area contributed by atoms with Crippen molar-refractivity contribution >= 4 is 5.91 Å². The maximum atomic E-state index is 12.7. The standard InChI is InChI=1S/C23H25N3O2/c1-17-24-11-12-26(17)16-23(9-10-23)15-25-22(28)19-7-4-6-18(13-19)21-8-3-2-5-20(21)14-27/h2-8,11-13,27H,9-10,14-16H2,1H3,(H,25,28). The van der Waals surface area contributed by atoms with Crippen molar-refractivity contribution in [3.05, 3.63) is 77.9 Å². The Morgan fingerprint density at radius 3 is 2.75 bits per heavy atom. The zero-order valence-electron chi connectivity index (χ0n) is 16.1. The van der Waals surface area contributed by atoms with E-state index in [9.17, 15) is 9.90 Å². The number of carbonyl (C=O) groups is 1. The number of amides is 1. The minimum absolute atomic E-state index is 0.0250. The van der Waals surface area contributed by atoms with Crippen molar-refractivity contribution in [3.63, 3.8) is 0 Å². The van der Waals surface area contributed by atoms with E-state index in [4.69, 9.17) is 0 Å². The number of aryl methyl sites for hydroxylation is 1. The van der Waals surface area contributed by atoms with Crippen LogP contribution in [0.5, 0.6) is 0 Å². The van der Waals surface area contributed by atoms with E-state index in [1.54, 1.807) is 0 Å². The first kappa shape index (κ1) is 18.4. The number of imidazole rings is 1. The Bertz CT molecular complexity index is 989. The number of benzene rings is 2. The van der Waals surface area contributed by atoms with Crippen LogP contribution >= 0.6 is 0 Å². The highest BCUT2D eigenvalue weighted by atomic mass is 16.3. The zero-order valence-corrected chi connectivity index (χ0v) is 16.1. The third-order valence-corrected chi connectivity index (χ3v) is 5.63. The number of aliphatic hydroxyl groups excluding tert-OH is 1. The summed E-state index contributed by atoms with van der Waals surface area (Å²) in [5, 5.41) is 12.7. The smallest absolute Gasteiger partial charge is 0.251 e. The first-order valence-electron chi connectivity index (χ1n) is 9.65. The molecule has 1 aliphatic rings. The van der Waals surface area contributed by atoms with Crippen molar-refractivity contribution < 1.29 is 9.90 Å². The van der Waals surface area contributed by atoms with Gasteiger partial charge in [0.1, 0.15) is 5.82 Å². The van der Waals surface area contributed by atoms with E-state index in [0.29, 0.717) is 12.1 Å². The lowest BCUT2D eigenvalue weighted by molar-refractivity contribution is 0.0943. The Morgan fingerprint density at radius 2 is 2.04 bits per heavy atom. The summed E-state index contributed by atoms with van der Waals surface area (Å²) in [7, 11) is 0. The average Bonchev–Trinajstić information content (AvgIpc) is 3.39. The van der Waals surface area contributed by atoms with Crippen molar-refractivity contribution in [1.29, 1.82) is 0 Å². The van der Waals surface area contributed by atoms with Gasteiger partial charge in [0, 0.05) is 36.5 Å². The second-order valence-corrected chi connectivity index (χ2v) is 7.68. The summed E-state index contributed by atoms with van der Waals surface area (Å²) in [5.41, 5.74) is 3.52. The number of hydrogen-bond acceptors (Lipinski definition) is 3. The Balaban J connectivity index is 1.45. The summed E-state index contributed by atoms with van der Waals surface area (Å²) in [6.07, 6.45) is 6.06. The number of rotatable bonds is 7. The Labute approximate surface area is 165 Å². The van der Waals surface area contributed by atoms with E-state index in [1.165, 1.54) is 0 Å². The van der Waals surface area contributed by atoms with Crippen LogP contribution < -0.4 is 5.32 Å². The van der Waals surface area contributed by atoms with E-state index < -0.39 is 0 Å². The van der Waals surface area contributed by atoms with Crippen LogP contribution in [-0.2, 0) is 13.2 Å². The first-order valence-corrected chi connectivity index (χ1v) is 9.65. The monoisotopic (exact) mass is 375 g/mol. The van der Waals surface area contributed by atoms with Crippen LogP contribution in [0.2, 0.25) is 0 Å². The van der Waals surface area contributed by atoms with Crippen LogP contribution in [0.1, 0.15) is 34.6 Å². The molecule has 0 spiro atoms. The molecule has 5 heteroatoms. The summed E-state index contributed by atoms with van der Waals surface area (Å²) < 4.78 is 2.16. The highest BCUT2D eigenvalue weighted by molar-refractivity contribution is 5.95. The zero-order chi connectivity index (χ0) is 19.6. The summed E-state index contributed by atoms with van der Waals surface area (Å²) >= 11 is 0. The molecule has 5 nitrogen and oxygen atoms in total. The predicted octanol–water partition coefficient (Wildman–Crippen LogP) is 3.56. The second-order valence-electron chi connectivity index (χ2n) is 7.68. The predicted molar refractivity (Wildman–Crippen MR) is 109 cm³/mol. The van der Waals surface area contributed by atoms with Gasteiger partial charge >= 0.3 is 0 Å². The van der Waals surface area contributed by atoms with Crippen molar-refractivity contribution in [1.82, 2.24) is 14.9 Å². The molecule has 0 atom stereocenters. The second kappa shape index (κ2) is 7.60. The molecule has 2 aromatic carbocycles. The molecule has 1 aliphatic carbocycles. The Morgan fingerprint density at radius 1 is 1.21 bits per heavy atom. The lowest BCUT2D eigenvalue weighted by Crippen LogP contribution is -2.32. The molecular weight excluding hydrogens is 350 g/mol. The fourth-order valence-corrected chi connectivity index (χ4v) is 3.64. The first-order chi connectivity index (χ1) is 13.6. The number of aromatic nitrogens is 2. The van der Waals surface area contributed by atoms with Crippen LogP contribution in [0.15, 0.2) is 60.9 Å². The van der Waals surface area contributed by atoms with E-state index in [0.717, 1.165) is 41.9 Å². The number of carbonyl (C=O) groups excluding carboxylic acids is 1. The van der Waals surface area contributed by atoms with Gasteiger partial charge in [0.05, 0.1) is 6.61 Å².